The monoisotopic (exact) mass is 806 g/mol. The van der Waals surface area contributed by atoms with Crippen molar-refractivity contribution < 1.29 is 33.4 Å². The van der Waals surface area contributed by atoms with E-state index >= 15 is 0 Å². The molecule has 59 heavy (non-hydrogen) atoms. The summed E-state index contributed by atoms with van der Waals surface area (Å²) in [6.07, 6.45) is 7.66. The Hall–Kier alpha value is -6.49. The molecule has 2 saturated heterocycles. The lowest BCUT2D eigenvalue weighted by atomic mass is 9.97. The molecule has 2 aromatic carbocycles. The first kappa shape index (κ1) is 40.7. The molecular weight excluding hydrogens is 757 g/mol. The van der Waals surface area contributed by atoms with E-state index in [0.29, 0.717) is 31.2 Å². The number of nitrogens with zero attached hydrogens (tertiary/aromatic N) is 6. The molecule has 0 spiro atoms. The molecule has 2 fully saturated rings. The molecular formula is C42H50N10O7. The molecule has 4 amide bonds. The number of primary amides is 1. The minimum absolute atomic E-state index is 0.120. The standard InChI is InChI=1S/C42H50N10O7/c1-25(57-4)35(49-41(56)58-5)38(53)51-18-6-8-33(51)36-45-22-31(47-36)28-14-10-26(11-15-28)27-12-16-29(17-13-27)32-23-46-37(48-32)34-9-7-19-52(34)39(54)42(2,59-40(43)55)20-30-21-44-24-50(30)3/h10-17,21-25,33-35H,6-9,18-20H2,1-5H3,(H2,43,55)(H,45,47)(H,46,48)(H,49,56)/t25-,33+,34+,35+,42+/m1/s1. The van der Waals surface area contributed by atoms with Crippen molar-refractivity contribution >= 4 is 24.0 Å². The van der Waals surface area contributed by atoms with Gasteiger partial charge in [-0.1, -0.05) is 48.5 Å². The Morgan fingerprint density at radius 2 is 1.37 bits per heavy atom. The van der Waals surface area contributed by atoms with Crippen LogP contribution >= 0.6 is 0 Å². The van der Waals surface area contributed by atoms with E-state index in [2.05, 4.69) is 42.4 Å². The molecule has 0 aliphatic carbocycles. The number of carbonyl (C=O) groups excluding carboxylic acids is 4. The average Bonchev–Trinajstić information content (AvgIpc) is 4.10. The zero-order chi connectivity index (χ0) is 41.8. The van der Waals surface area contributed by atoms with Crippen molar-refractivity contribution in [3.63, 3.8) is 0 Å². The molecule has 310 valence electrons. The third-order valence-electron chi connectivity index (χ3n) is 11.4. The first-order valence-electron chi connectivity index (χ1n) is 19.6. The van der Waals surface area contributed by atoms with Crippen LogP contribution < -0.4 is 11.1 Å². The predicted molar refractivity (Wildman–Crippen MR) is 216 cm³/mol. The summed E-state index contributed by atoms with van der Waals surface area (Å²) >= 11 is 0. The number of methoxy groups -OCH3 is 2. The zero-order valence-electron chi connectivity index (χ0n) is 33.8. The van der Waals surface area contributed by atoms with Gasteiger partial charge in [0.1, 0.15) is 17.7 Å². The molecule has 5 aromatic rings. The summed E-state index contributed by atoms with van der Waals surface area (Å²) in [6.45, 7) is 4.34. The van der Waals surface area contributed by atoms with Gasteiger partial charge in [-0.15, -0.1) is 0 Å². The van der Waals surface area contributed by atoms with Crippen LogP contribution in [0.2, 0.25) is 0 Å². The average molecular weight is 807 g/mol. The van der Waals surface area contributed by atoms with Crippen molar-refractivity contribution in [3.8, 4) is 33.6 Å². The smallest absolute Gasteiger partial charge is 0.407 e. The van der Waals surface area contributed by atoms with Crippen LogP contribution in [0, 0.1) is 0 Å². The van der Waals surface area contributed by atoms with Crippen LogP contribution in [0.5, 0.6) is 0 Å². The van der Waals surface area contributed by atoms with Crippen molar-refractivity contribution in [2.24, 2.45) is 12.8 Å². The Morgan fingerprint density at radius 1 is 0.847 bits per heavy atom. The van der Waals surface area contributed by atoms with Crippen LogP contribution in [0.3, 0.4) is 0 Å². The highest BCUT2D eigenvalue weighted by Crippen LogP contribution is 2.36. The topological polar surface area (TPSA) is 216 Å². The lowest BCUT2D eigenvalue weighted by molar-refractivity contribution is -0.150. The van der Waals surface area contributed by atoms with Gasteiger partial charge in [-0.05, 0) is 61.8 Å². The number of carbonyl (C=O) groups is 4. The van der Waals surface area contributed by atoms with Gasteiger partial charge in [0, 0.05) is 45.6 Å². The fourth-order valence-corrected chi connectivity index (χ4v) is 8.06. The molecule has 0 saturated carbocycles. The largest absolute Gasteiger partial charge is 0.453 e. The molecule has 0 unspecified atom stereocenters. The van der Waals surface area contributed by atoms with Gasteiger partial charge in [0.25, 0.3) is 5.91 Å². The maximum atomic E-state index is 14.0. The van der Waals surface area contributed by atoms with Gasteiger partial charge in [0.05, 0.1) is 55.4 Å². The molecule has 17 nitrogen and oxygen atoms in total. The number of amides is 4. The summed E-state index contributed by atoms with van der Waals surface area (Å²) in [5.74, 6) is 0.738. The second-order valence-electron chi connectivity index (χ2n) is 15.2. The Labute approximate surface area is 341 Å². The van der Waals surface area contributed by atoms with Crippen LogP contribution in [0.4, 0.5) is 9.59 Å². The predicted octanol–water partition coefficient (Wildman–Crippen LogP) is 5.05. The van der Waals surface area contributed by atoms with Gasteiger partial charge < -0.3 is 49.6 Å². The third-order valence-corrected chi connectivity index (χ3v) is 11.4. The number of ether oxygens (including phenoxy) is 3. The maximum Gasteiger partial charge on any atom is 0.407 e. The first-order valence-corrected chi connectivity index (χ1v) is 19.6. The molecule has 5 atom stereocenters. The molecule has 17 heteroatoms. The number of aromatic nitrogens is 6. The Balaban J connectivity index is 1.01. The lowest BCUT2D eigenvalue weighted by Gasteiger charge is -2.34. The second kappa shape index (κ2) is 17.2. The van der Waals surface area contributed by atoms with Crippen molar-refractivity contribution in [1.82, 2.24) is 44.6 Å². The van der Waals surface area contributed by atoms with Crippen molar-refractivity contribution in [3.05, 3.63) is 90.8 Å². The maximum absolute atomic E-state index is 14.0. The molecule has 5 heterocycles. The molecule has 2 aliphatic rings. The van der Waals surface area contributed by atoms with E-state index in [1.807, 2.05) is 43.4 Å². The van der Waals surface area contributed by atoms with Gasteiger partial charge >= 0.3 is 12.2 Å². The highest BCUT2D eigenvalue weighted by molar-refractivity contribution is 5.88. The van der Waals surface area contributed by atoms with Gasteiger partial charge in [-0.25, -0.2) is 24.5 Å². The van der Waals surface area contributed by atoms with Crippen LogP contribution in [0.15, 0.2) is 73.4 Å². The zero-order valence-corrected chi connectivity index (χ0v) is 33.8. The quantitative estimate of drug-likeness (QED) is 0.124. The molecule has 2 aliphatic heterocycles. The van der Waals surface area contributed by atoms with Gasteiger partial charge in [-0.3, -0.25) is 9.59 Å². The van der Waals surface area contributed by atoms with E-state index in [4.69, 9.17) is 19.9 Å². The summed E-state index contributed by atoms with van der Waals surface area (Å²) in [4.78, 5) is 75.4. The molecule has 7 rings (SSSR count). The van der Waals surface area contributed by atoms with E-state index in [1.165, 1.54) is 14.2 Å². The minimum Gasteiger partial charge on any atom is -0.453 e. The molecule has 0 bridgehead atoms. The summed E-state index contributed by atoms with van der Waals surface area (Å²) in [7, 11) is 4.56. The number of aromatic amines is 2. The number of nitrogens with one attached hydrogen (secondary N) is 3. The van der Waals surface area contributed by atoms with Crippen LogP contribution in [0.25, 0.3) is 33.6 Å². The Morgan fingerprint density at radius 3 is 1.86 bits per heavy atom. The number of benzene rings is 2. The number of H-pyrrole nitrogens is 2. The minimum atomic E-state index is -1.52. The Kier molecular flexibility index (Phi) is 11.8. The van der Waals surface area contributed by atoms with E-state index < -0.39 is 29.9 Å². The number of rotatable bonds is 13. The van der Waals surface area contributed by atoms with Crippen LogP contribution in [-0.2, 0) is 37.3 Å². The van der Waals surface area contributed by atoms with E-state index in [1.54, 1.807) is 53.1 Å². The Bertz CT molecular complexity index is 2280. The SMILES string of the molecule is COC(=O)N[C@H](C(=O)N1CCC[C@H]1c1ncc(-c2ccc(-c3ccc(-c4cnc([C@@H]5CCCN5C(=O)[C@](C)(Cc5cncn5C)OC(N)=O)[nH]4)cc3)cc2)[nH]1)[C@@H](C)OC. The third kappa shape index (κ3) is 8.55. The normalized spacial score (nSPS) is 18.6. The number of alkyl carbamates (subject to hydrolysis) is 1. The second-order valence-corrected chi connectivity index (χ2v) is 15.2. The van der Waals surface area contributed by atoms with E-state index in [-0.39, 0.29) is 30.3 Å². The summed E-state index contributed by atoms with van der Waals surface area (Å²) in [5.41, 5.74) is 10.2. The number of likely N-dealkylation sites (tertiary alicyclic amines) is 2. The summed E-state index contributed by atoms with van der Waals surface area (Å²) in [5, 5.41) is 2.62. The number of nitrogens with two attached hydrogens (primary N) is 1. The highest BCUT2D eigenvalue weighted by atomic mass is 16.6. The molecule has 0 radical (unpaired) electrons. The van der Waals surface area contributed by atoms with Crippen LogP contribution in [0.1, 0.15) is 69.0 Å². The number of imidazole rings is 3. The summed E-state index contributed by atoms with van der Waals surface area (Å²) in [6, 6.07) is 14.8. The summed E-state index contributed by atoms with van der Waals surface area (Å²) < 4.78 is 17.4. The van der Waals surface area contributed by atoms with Crippen molar-refractivity contribution in [1.29, 1.82) is 0 Å². The number of aryl methyl sites for hydroxylation is 1. The van der Waals surface area contributed by atoms with E-state index in [0.717, 1.165) is 58.6 Å². The van der Waals surface area contributed by atoms with Gasteiger partial charge in [0.15, 0.2) is 5.60 Å². The van der Waals surface area contributed by atoms with Gasteiger partial charge in [0.2, 0.25) is 5.91 Å². The van der Waals surface area contributed by atoms with Crippen LogP contribution in [-0.4, -0.2) is 108 Å². The van der Waals surface area contributed by atoms with Gasteiger partial charge in [-0.2, -0.15) is 0 Å². The highest BCUT2D eigenvalue weighted by Gasteiger charge is 2.45. The molecule has 5 N–H and O–H groups in total. The van der Waals surface area contributed by atoms with Crippen molar-refractivity contribution in [2.75, 3.05) is 27.3 Å². The number of hydrogen-bond acceptors (Lipinski definition) is 10. The lowest BCUT2D eigenvalue weighted by Crippen LogP contribution is -2.54. The fourth-order valence-electron chi connectivity index (χ4n) is 8.06. The molecule has 3 aromatic heterocycles. The fraction of sp³-hybridized carbons (Fsp3) is 0.405. The number of hydrogen-bond donors (Lipinski definition) is 4. The first-order chi connectivity index (χ1) is 28.4. The van der Waals surface area contributed by atoms with E-state index in [9.17, 15) is 19.2 Å². The van der Waals surface area contributed by atoms with Crippen molar-refractivity contribution in [2.45, 2.75) is 75.8 Å².